The number of rotatable bonds is 4. The second kappa shape index (κ2) is 4.42. The van der Waals surface area contributed by atoms with Gasteiger partial charge in [0.1, 0.15) is 6.61 Å². The monoisotopic (exact) mass is 172 g/mol. The van der Waals surface area contributed by atoms with E-state index in [2.05, 4.69) is 0 Å². The molecule has 2 atom stereocenters. The molecule has 1 saturated carbocycles. The van der Waals surface area contributed by atoms with Crippen molar-refractivity contribution in [2.75, 3.05) is 13.2 Å². The van der Waals surface area contributed by atoms with E-state index in [0.29, 0.717) is 12.5 Å². The summed E-state index contributed by atoms with van der Waals surface area (Å²) in [6.07, 6.45) is 3.42. The van der Waals surface area contributed by atoms with E-state index in [1.54, 1.807) is 0 Å². The first-order chi connectivity index (χ1) is 5.74. The van der Waals surface area contributed by atoms with Gasteiger partial charge in [-0.15, -0.1) is 0 Å². The highest BCUT2D eigenvalue weighted by Gasteiger charge is 2.26. The minimum absolute atomic E-state index is 0.0289. The molecule has 0 spiro atoms. The molecule has 4 nitrogen and oxygen atoms in total. The Labute approximate surface area is 72.2 Å². The van der Waals surface area contributed by atoms with Crippen LogP contribution in [0, 0.1) is 5.92 Å². The van der Waals surface area contributed by atoms with Gasteiger partial charge in [0.25, 0.3) is 0 Å². The van der Waals surface area contributed by atoms with Crippen LogP contribution in [-0.4, -0.2) is 25.2 Å². The Kier molecular flexibility index (Phi) is 3.49. The average molecular weight is 172 g/mol. The average Bonchev–Trinajstić information content (AvgIpc) is 2.47. The predicted molar refractivity (Wildman–Crippen MR) is 45.3 cm³/mol. The highest BCUT2D eigenvalue weighted by molar-refractivity contribution is 5.75. The molecule has 0 aliphatic heterocycles. The number of carbonyl (C=O) groups is 1. The lowest BCUT2D eigenvalue weighted by atomic mass is 10.1. The lowest BCUT2D eigenvalue weighted by molar-refractivity contribution is -0.125. The highest BCUT2D eigenvalue weighted by atomic mass is 16.5. The lowest BCUT2D eigenvalue weighted by Crippen LogP contribution is -2.29. The van der Waals surface area contributed by atoms with E-state index in [0.717, 1.165) is 19.3 Å². The molecule has 0 aromatic rings. The third kappa shape index (κ3) is 2.46. The van der Waals surface area contributed by atoms with Crippen LogP contribution in [0.15, 0.2) is 0 Å². The van der Waals surface area contributed by atoms with Gasteiger partial charge in [-0.05, 0) is 25.3 Å². The van der Waals surface area contributed by atoms with Crippen LogP contribution in [0.1, 0.15) is 19.3 Å². The van der Waals surface area contributed by atoms with Crippen LogP contribution in [-0.2, 0) is 9.53 Å². The van der Waals surface area contributed by atoms with E-state index in [1.165, 1.54) is 0 Å². The summed E-state index contributed by atoms with van der Waals surface area (Å²) >= 11 is 0. The summed E-state index contributed by atoms with van der Waals surface area (Å²) in [6.45, 7) is 0.671. The molecule has 1 rings (SSSR count). The molecule has 1 fully saturated rings. The van der Waals surface area contributed by atoms with Gasteiger partial charge in [0.05, 0.1) is 6.10 Å². The normalized spacial score (nSPS) is 29.1. The van der Waals surface area contributed by atoms with E-state index in [1.807, 2.05) is 0 Å². The van der Waals surface area contributed by atoms with Crippen LogP contribution in [0.2, 0.25) is 0 Å². The van der Waals surface area contributed by atoms with E-state index in [-0.39, 0.29) is 12.7 Å². The molecule has 1 amide bonds. The summed E-state index contributed by atoms with van der Waals surface area (Å²) in [5.41, 5.74) is 10.5. The summed E-state index contributed by atoms with van der Waals surface area (Å²) in [5.74, 6) is 0.0158. The number of nitrogens with two attached hydrogens (primary N) is 2. The van der Waals surface area contributed by atoms with Crippen molar-refractivity contribution in [3.8, 4) is 0 Å². The van der Waals surface area contributed by atoms with E-state index < -0.39 is 5.91 Å². The van der Waals surface area contributed by atoms with Gasteiger partial charge >= 0.3 is 0 Å². The Balaban J connectivity index is 2.26. The zero-order valence-electron chi connectivity index (χ0n) is 7.16. The fourth-order valence-electron chi connectivity index (χ4n) is 1.68. The summed E-state index contributed by atoms with van der Waals surface area (Å²) in [7, 11) is 0. The number of hydrogen-bond acceptors (Lipinski definition) is 3. The first kappa shape index (κ1) is 9.48. The third-order valence-electron chi connectivity index (χ3n) is 2.33. The molecule has 0 radical (unpaired) electrons. The van der Waals surface area contributed by atoms with Gasteiger partial charge < -0.3 is 16.2 Å². The minimum Gasteiger partial charge on any atom is -0.368 e. The molecule has 0 aromatic carbocycles. The van der Waals surface area contributed by atoms with Crippen molar-refractivity contribution < 1.29 is 9.53 Å². The molecule has 1 aliphatic rings. The Morgan fingerprint density at radius 3 is 2.83 bits per heavy atom. The SMILES string of the molecule is NCC1CCCC1OCC(N)=O. The molecule has 0 aromatic heterocycles. The molecular weight excluding hydrogens is 156 g/mol. The van der Waals surface area contributed by atoms with Crippen molar-refractivity contribution in [1.29, 1.82) is 0 Å². The molecule has 1 aliphatic carbocycles. The van der Waals surface area contributed by atoms with Gasteiger partial charge in [-0.2, -0.15) is 0 Å². The second-order valence-corrected chi connectivity index (χ2v) is 3.24. The minimum atomic E-state index is -0.405. The van der Waals surface area contributed by atoms with Gasteiger partial charge in [0, 0.05) is 0 Å². The molecule has 2 unspecified atom stereocenters. The molecule has 0 heterocycles. The summed E-state index contributed by atoms with van der Waals surface area (Å²) < 4.78 is 5.31. The predicted octanol–water partition coefficient (Wildman–Crippen LogP) is -0.384. The van der Waals surface area contributed by atoms with Gasteiger partial charge in [-0.3, -0.25) is 4.79 Å². The van der Waals surface area contributed by atoms with E-state index in [9.17, 15) is 4.79 Å². The van der Waals surface area contributed by atoms with Gasteiger partial charge in [-0.25, -0.2) is 0 Å². The number of ether oxygens (including phenoxy) is 1. The van der Waals surface area contributed by atoms with Crippen molar-refractivity contribution in [3.63, 3.8) is 0 Å². The molecule has 12 heavy (non-hydrogen) atoms. The fraction of sp³-hybridized carbons (Fsp3) is 0.875. The highest BCUT2D eigenvalue weighted by Crippen LogP contribution is 2.26. The fourth-order valence-corrected chi connectivity index (χ4v) is 1.68. The van der Waals surface area contributed by atoms with Crippen LogP contribution < -0.4 is 11.5 Å². The largest absolute Gasteiger partial charge is 0.368 e. The maximum atomic E-state index is 10.4. The Morgan fingerprint density at radius 1 is 1.50 bits per heavy atom. The van der Waals surface area contributed by atoms with Crippen molar-refractivity contribution in [2.24, 2.45) is 17.4 Å². The van der Waals surface area contributed by atoms with Gasteiger partial charge in [0.2, 0.25) is 5.91 Å². The van der Waals surface area contributed by atoms with Crippen LogP contribution in [0.4, 0.5) is 0 Å². The first-order valence-corrected chi connectivity index (χ1v) is 4.34. The Morgan fingerprint density at radius 2 is 2.25 bits per heavy atom. The van der Waals surface area contributed by atoms with Crippen molar-refractivity contribution >= 4 is 5.91 Å². The number of amides is 1. The number of primary amides is 1. The van der Waals surface area contributed by atoms with E-state index in [4.69, 9.17) is 16.2 Å². The smallest absolute Gasteiger partial charge is 0.243 e. The molecule has 4 heteroatoms. The Bertz CT molecular complexity index is 161. The second-order valence-electron chi connectivity index (χ2n) is 3.24. The summed E-state index contributed by atoms with van der Waals surface area (Å²) in [5, 5.41) is 0. The molecule has 0 saturated heterocycles. The number of carbonyl (C=O) groups excluding carboxylic acids is 1. The maximum Gasteiger partial charge on any atom is 0.243 e. The van der Waals surface area contributed by atoms with Crippen molar-refractivity contribution in [1.82, 2.24) is 0 Å². The quantitative estimate of drug-likeness (QED) is 0.606. The third-order valence-corrected chi connectivity index (χ3v) is 2.33. The summed E-state index contributed by atoms with van der Waals surface area (Å²) in [6, 6.07) is 0. The molecular formula is C8H16N2O2. The van der Waals surface area contributed by atoms with Crippen LogP contribution in [0.3, 0.4) is 0 Å². The van der Waals surface area contributed by atoms with Gasteiger partial charge in [0.15, 0.2) is 0 Å². The standard InChI is InChI=1S/C8H16N2O2/c9-4-6-2-1-3-7(6)12-5-8(10)11/h6-7H,1-5,9H2,(H2,10,11). The van der Waals surface area contributed by atoms with Crippen LogP contribution in [0.5, 0.6) is 0 Å². The zero-order chi connectivity index (χ0) is 8.97. The Hall–Kier alpha value is -0.610. The zero-order valence-corrected chi connectivity index (χ0v) is 7.16. The molecule has 70 valence electrons. The van der Waals surface area contributed by atoms with Crippen molar-refractivity contribution in [3.05, 3.63) is 0 Å². The number of hydrogen-bond donors (Lipinski definition) is 2. The van der Waals surface area contributed by atoms with Crippen LogP contribution in [0.25, 0.3) is 0 Å². The first-order valence-electron chi connectivity index (χ1n) is 4.34. The van der Waals surface area contributed by atoms with E-state index >= 15 is 0 Å². The summed E-state index contributed by atoms with van der Waals surface area (Å²) in [4.78, 5) is 10.4. The van der Waals surface area contributed by atoms with Gasteiger partial charge in [-0.1, -0.05) is 6.42 Å². The topological polar surface area (TPSA) is 78.3 Å². The van der Waals surface area contributed by atoms with Crippen molar-refractivity contribution in [2.45, 2.75) is 25.4 Å². The maximum absolute atomic E-state index is 10.4. The lowest BCUT2D eigenvalue weighted by Gasteiger charge is -2.17. The molecule has 0 bridgehead atoms. The molecule has 4 N–H and O–H groups in total. The van der Waals surface area contributed by atoms with Crippen LogP contribution >= 0.6 is 0 Å².